The highest BCUT2D eigenvalue weighted by Crippen LogP contribution is 2.65. The number of Topliss-reactive ketones (excluding diaryl/α,β-unsaturated/α-hetero) is 1. The summed E-state index contributed by atoms with van der Waals surface area (Å²) in [4.78, 5) is 53.8. The Hall–Kier alpha value is -3.54. The standard InChI is InChI=1S/C28H25NO5/c1-14-7-8-15(2)19(11-14)23(30)13-34-28(33)18-5-3-4-6-22(18)29-26(31)24-16-9-10-17(21-12-20(16)21)25(24)27(29)32/h3-11,16-17,20-21,24-25H,12-13H2,1-2H3/t16-,17+,20-,21-,24+,25-/m1/s1. The van der Waals surface area contributed by atoms with Crippen molar-refractivity contribution in [2.75, 3.05) is 11.5 Å². The van der Waals surface area contributed by atoms with Crippen molar-refractivity contribution < 1.29 is 23.9 Å². The Morgan fingerprint density at radius 3 is 2.24 bits per heavy atom. The fourth-order valence-electron chi connectivity index (χ4n) is 6.36. The Morgan fingerprint density at radius 1 is 0.912 bits per heavy atom. The highest BCUT2D eigenvalue weighted by Gasteiger charge is 2.67. The van der Waals surface area contributed by atoms with Gasteiger partial charge in [0.1, 0.15) is 0 Å². The number of aryl methyl sites for hydroxylation is 2. The monoisotopic (exact) mass is 455 g/mol. The second-order valence-corrected chi connectivity index (χ2v) is 10.0. The van der Waals surface area contributed by atoms with Gasteiger partial charge in [0.05, 0.1) is 23.1 Å². The van der Waals surface area contributed by atoms with E-state index in [1.54, 1.807) is 24.3 Å². The van der Waals surface area contributed by atoms with Crippen LogP contribution in [-0.4, -0.2) is 30.2 Å². The third kappa shape index (κ3) is 3.01. The summed E-state index contributed by atoms with van der Waals surface area (Å²) in [6, 6.07) is 12.0. The van der Waals surface area contributed by atoms with Crippen LogP contribution in [0.4, 0.5) is 5.69 Å². The molecule has 1 saturated heterocycles. The summed E-state index contributed by atoms with van der Waals surface area (Å²) in [6.07, 6.45) is 5.33. The lowest BCUT2D eigenvalue weighted by molar-refractivity contribution is -0.124. The van der Waals surface area contributed by atoms with Crippen molar-refractivity contribution in [1.82, 2.24) is 0 Å². The maximum Gasteiger partial charge on any atom is 0.340 e. The zero-order valence-electron chi connectivity index (χ0n) is 19.1. The lowest BCUT2D eigenvalue weighted by Gasteiger charge is -2.37. The number of anilines is 1. The Morgan fingerprint density at radius 2 is 1.56 bits per heavy atom. The van der Waals surface area contributed by atoms with E-state index in [0.717, 1.165) is 17.5 Å². The number of ether oxygens (including phenoxy) is 1. The van der Waals surface area contributed by atoms with E-state index in [4.69, 9.17) is 4.74 Å². The van der Waals surface area contributed by atoms with Crippen LogP contribution >= 0.6 is 0 Å². The van der Waals surface area contributed by atoms with Crippen LogP contribution in [0.3, 0.4) is 0 Å². The highest BCUT2D eigenvalue weighted by molar-refractivity contribution is 6.24. The molecule has 172 valence electrons. The molecule has 0 aromatic heterocycles. The first-order valence-corrected chi connectivity index (χ1v) is 11.8. The number of para-hydroxylation sites is 1. The average molecular weight is 456 g/mol. The summed E-state index contributed by atoms with van der Waals surface area (Å²) in [5.74, 6) is -0.956. The number of amides is 2. The van der Waals surface area contributed by atoms with Gasteiger partial charge in [-0.05, 0) is 67.7 Å². The molecule has 1 aliphatic heterocycles. The number of esters is 1. The first-order chi connectivity index (χ1) is 16.4. The molecule has 0 radical (unpaired) electrons. The van der Waals surface area contributed by atoms with Gasteiger partial charge in [-0.3, -0.25) is 14.4 Å². The van der Waals surface area contributed by atoms with Gasteiger partial charge in [0.2, 0.25) is 17.6 Å². The topological polar surface area (TPSA) is 80.8 Å². The Balaban J connectivity index is 1.24. The van der Waals surface area contributed by atoms with Crippen LogP contribution in [0.1, 0.15) is 38.3 Å². The normalized spacial score (nSPS) is 30.2. The van der Waals surface area contributed by atoms with E-state index in [1.807, 2.05) is 26.0 Å². The zero-order valence-corrected chi connectivity index (χ0v) is 19.1. The van der Waals surface area contributed by atoms with E-state index in [0.29, 0.717) is 17.4 Å². The summed E-state index contributed by atoms with van der Waals surface area (Å²) in [6.45, 7) is 3.31. The van der Waals surface area contributed by atoms with Crippen LogP contribution < -0.4 is 4.90 Å². The molecule has 2 aromatic rings. The number of allylic oxidation sites excluding steroid dienone is 2. The molecule has 0 N–H and O–H groups in total. The second-order valence-electron chi connectivity index (χ2n) is 10.0. The molecule has 1 heterocycles. The highest BCUT2D eigenvalue weighted by atomic mass is 16.5. The molecule has 0 unspecified atom stereocenters. The van der Waals surface area contributed by atoms with E-state index in [2.05, 4.69) is 12.2 Å². The van der Waals surface area contributed by atoms with Crippen LogP contribution in [-0.2, 0) is 14.3 Å². The van der Waals surface area contributed by atoms with Crippen LogP contribution in [0, 0.1) is 49.4 Å². The van der Waals surface area contributed by atoms with E-state index >= 15 is 0 Å². The summed E-state index contributed by atoms with van der Waals surface area (Å²) >= 11 is 0. The average Bonchev–Trinajstić information content (AvgIpc) is 3.62. The first kappa shape index (κ1) is 21.0. The van der Waals surface area contributed by atoms with Crippen LogP contribution in [0.25, 0.3) is 0 Å². The third-order valence-electron chi connectivity index (χ3n) is 8.06. The lowest BCUT2D eigenvalue weighted by atomic mass is 9.63. The zero-order chi connectivity index (χ0) is 23.7. The van der Waals surface area contributed by atoms with Gasteiger partial charge in [0, 0.05) is 5.56 Å². The third-order valence-corrected chi connectivity index (χ3v) is 8.06. The molecular weight excluding hydrogens is 430 g/mol. The minimum Gasteiger partial charge on any atom is -0.454 e. The fourth-order valence-corrected chi connectivity index (χ4v) is 6.36. The van der Waals surface area contributed by atoms with Gasteiger partial charge in [-0.15, -0.1) is 0 Å². The number of imide groups is 1. The number of nitrogens with zero attached hydrogens (tertiary/aromatic N) is 1. The van der Waals surface area contributed by atoms with Crippen LogP contribution in [0.15, 0.2) is 54.6 Å². The molecule has 6 atom stereocenters. The van der Waals surface area contributed by atoms with Crippen molar-refractivity contribution in [3.63, 3.8) is 0 Å². The van der Waals surface area contributed by atoms with Crippen molar-refractivity contribution >= 4 is 29.3 Å². The molecule has 5 aliphatic rings. The number of ketones is 1. The molecule has 2 saturated carbocycles. The Bertz CT molecular complexity index is 1260. The summed E-state index contributed by atoms with van der Waals surface area (Å²) in [5.41, 5.74) is 2.62. The SMILES string of the molecule is Cc1ccc(C)c(C(=O)COC(=O)c2ccccc2N2C(=O)[C@@H]3[C@H]4C=C[C@H]([C@H]5C[C@H]45)[C@@H]3C2=O)c1. The number of hydrogen-bond acceptors (Lipinski definition) is 5. The predicted octanol–water partition coefficient (Wildman–Crippen LogP) is 3.90. The van der Waals surface area contributed by atoms with E-state index in [9.17, 15) is 19.2 Å². The van der Waals surface area contributed by atoms with Gasteiger partial charge >= 0.3 is 5.97 Å². The molecular formula is C28H25NO5. The van der Waals surface area contributed by atoms with Crippen molar-refractivity contribution in [3.8, 4) is 0 Å². The molecule has 7 rings (SSSR count). The smallest absolute Gasteiger partial charge is 0.340 e. The quantitative estimate of drug-likeness (QED) is 0.296. The van der Waals surface area contributed by atoms with Gasteiger partial charge in [-0.1, -0.05) is 42.0 Å². The van der Waals surface area contributed by atoms with Crippen LogP contribution in [0.5, 0.6) is 0 Å². The molecule has 6 nitrogen and oxygen atoms in total. The number of hydrogen-bond donors (Lipinski definition) is 0. The van der Waals surface area contributed by atoms with Crippen molar-refractivity contribution in [2.24, 2.45) is 35.5 Å². The summed E-state index contributed by atoms with van der Waals surface area (Å²) < 4.78 is 5.36. The molecule has 3 fully saturated rings. The van der Waals surface area contributed by atoms with Gasteiger partial charge in [0.15, 0.2) is 6.61 Å². The largest absolute Gasteiger partial charge is 0.454 e. The van der Waals surface area contributed by atoms with Crippen molar-refractivity contribution in [3.05, 3.63) is 76.9 Å². The Kier molecular flexibility index (Phi) is 4.63. The number of carbonyl (C=O) groups excluding carboxylic acids is 4. The molecule has 0 spiro atoms. The van der Waals surface area contributed by atoms with Gasteiger partial charge in [-0.2, -0.15) is 0 Å². The molecule has 34 heavy (non-hydrogen) atoms. The number of carbonyl (C=O) groups is 4. The second kappa shape index (κ2) is 7.49. The molecule has 4 aliphatic carbocycles. The van der Waals surface area contributed by atoms with Crippen LogP contribution in [0.2, 0.25) is 0 Å². The predicted molar refractivity (Wildman–Crippen MR) is 124 cm³/mol. The molecule has 2 bridgehead atoms. The van der Waals surface area contributed by atoms with E-state index in [1.165, 1.54) is 11.0 Å². The lowest BCUT2D eigenvalue weighted by Crippen LogP contribution is -2.40. The minimum atomic E-state index is -0.728. The van der Waals surface area contributed by atoms with E-state index in [-0.39, 0.29) is 52.5 Å². The number of benzene rings is 2. The minimum absolute atomic E-state index is 0.107. The fraction of sp³-hybridized carbons (Fsp3) is 0.357. The van der Waals surface area contributed by atoms with Crippen molar-refractivity contribution in [2.45, 2.75) is 20.3 Å². The van der Waals surface area contributed by atoms with Crippen molar-refractivity contribution in [1.29, 1.82) is 0 Å². The Labute approximate surface area is 197 Å². The van der Waals surface area contributed by atoms with E-state index < -0.39 is 12.6 Å². The molecule has 6 heteroatoms. The molecule has 2 amide bonds. The maximum atomic E-state index is 13.5. The first-order valence-electron chi connectivity index (χ1n) is 11.8. The summed E-state index contributed by atoms with van der Waals surface area (Å²) in [5, 5.41) is 0. The number of rotatable bonds is 5. The molecule has 2 aromatic carbocycles. The van der Waals surface area contributed by atoms with Gasteiger partial charge in [0.25, 0.3) is 0 Å². The summed E-state index contributed by atoms with van der Waals surface area (Å²) in [7, 11) is 0. The van der Waals surface area contributed by atoms with Gasteiger partial charge < -0.3 is 4.74 Å². The maximum absolute atomic E-state index is 13.5. The van der Waals surface area contributed by atoms with Gasteiger partial charge in [-0.25, -0.2) is 9.69 Å².